The highest BCUT2D eigenvalue weighted by molar-refractivity contribution is 5.80. The summed E-state index contributed by atoms with van der Waals surface area (Å²) in [7, 11) is 0. The number of oxime groups is 2. The molecule has 0 spiro atoms. The monoisotopic (exact) mass is 782 g/mol. The molecule has 0 saturated carbocycles. The van der Waals surface area contributed by atoms with Gasteiger partial charge < -0.3 is 28.6 Å². The highest BCUT2D eigenvalue weighted by Crippen LogP contribution is 2.33. The predicted molar refractivity (Wildman–Crippen MR) is 178 cm³/mol. The lowest BCUT2D eigenvalue weighted by atomic mass is 10.1. The van der Waals surface area contributed by atoms with E-state index in [4.69, 9.17) is 19.1 Å². The van der Waals surface area contributed by atoms with Crippen LogP contribution in [0.25, 0.3) is 22.8 Å². The number of ether oxygens (including phenoxy) is 4. The highest BCUT2D eigenvalue weighted by Gasteiger charge is 2.32. The topological polar surface area (TPSA) is 189 Å². The van der Waals surface area contributed by atoms with Crippen LogP contribution in [-0.2, 0) is 9.68 Å². The van der Waals surface area contributed by atoms with Gasteiger partial charge in [0, 0.05) is 11.1 Å². The normalized spacial score (nSPS) is 16.4. The number of aromatic nitrogens is 8. The Balaban J connectivity index is 0.000000172. The lowest BCUT2D eigenvalue weighted by Crippen LogP contribution is -2.17. The van der Waals surface area contributed by atoms with Crippen molar-refractivity contribution in [3.05, 3.63) is 108 Å². The van der Waals surface area contributed by atoms with Crippen LogP contribution in [0.2, 0.25) is 0 Å². The molecule has 0 bridgehead atoms. The number of halogens is 6. The molecule has 6 aromatic rings. The van der Waals surface area contributed by atoms with Crippen LogP contribution in [0.15, 0.2) is 107 Å². The summed E-state index contributed by atoms with van der Waals surface area (Å²) in [5.41, 5.74) is 2.85. The SMILES string of the molecule is FC(F)(F)Oc1ccc([C@@H]2CC(Oc3ccc(-c4nn[nH]n4)cc3)=NO2)cc1.FC(F)(F)Oc1ccc([C@H]2CC(Oc3ccc(-c4nn[nH]n4)cc3)=NO2)cc1. The van der Waals surface area contributed by atoms with Crippen molar-refractivity contribution in [1.82, 2.24) is 41.2 Å². The van der Waals surface area contributed by atoms with Gasteiger partial charge in [-0.15, -0.1) is 46.7 Å². The fourth-order valence-corrected chi connectivity index (χ4v) is 5.14. The Bertz CT molecular complexity index is 2080. The molecule has 0 unspecified atom stereocenters. The highest BCUT2D eigenvalue weighted by atomic mass is 19.4. The second-order valence-electron chi connectivity index (χ2n) is 11.5. The quantitative estimate of drug-likeness (QED) is 0.148. The van der Waals surface area contributed by atoms with Gasteiger partial charge in [0.2, 0.25) is 23.4 Å². The van der Waals surface area contributed by atoms with Gasteiger partial charge in [-0.25, -0.2) is 0 Å². The van der Waals surface area contributed by atoms with E-state index in [0.717, 1.165) is 11.1 Å². The first-order valence-corrected chi connectivity index (χ1v) is 16.1. The largest absolute Gasteiger partial charge is 0.573 e. The van der Waals surface area contributed by atoms with E-state index in [-0.39, 0.29) is 11.5 Å². The van der Waals surface area contributed by atoms with Crippen LogP contribution in [0.4, 0.5) is 26.3 Å². The Morgan fingerprint density at radius 2 is 0.857 bits per heavy atom. The fourth-order valence-electron chi connectivity index (χ4n) is 5.14. The summed E-state index contributed by atoms with van der Waals surface area (Å²) < 4.78 is 92.3. The molecule has 0 amide bonds. The summed E-state index contributed by atoms with van der Waals surface area (Å²) in [4.78, 5) is 10.6. The molecule has 4 aromatic carbocycles. The van der Waals surface area contributed by atoms with Gasteiger partial charge in [-0.05, 0) is 94.4 Å². The average Bonchev–Trinajstić information content (AvgIpc) is 4.01. The Labute approximate surface area is 310 Å². The summed E-state index contributed by atoms with van der Waals surface area (Å²) in [6, 6.07) is 24.8. The lowest BCUT2D eigenvalue weighted by molar-refractivity contribution is -0.275. The van der Waals surface area contributed by atoms with Crippen molar-refractivity contribution < 1.29 is 55.0 Å². The maximum absolute atomic E-state index is 12.2. The number of aromatic amines is 2. The average molecular weight is 783 g/mol. The first-order valence-electron chi connectivity index (χ1n) is 16.1. The standard InChI is InChI=1S/2C17H12F3N5O3/c2*18-17(19,20)27-13-7-1-10(2-8-13)14-9-15(23-28-14)26-12-5-3-11(4-6-12)16-21-24-25-22-16/h2*1-8,14H,9H2,(H,21,22,24,25)/t2*14-/m10/s1. The number of H-pyrrole nitrogens is 2. The third kappa shape index (κ3) is 10.0. The molecule has 2 aliphatic heterocycles. The van der Waals surface area contributed by atoms with Gasteiger partial charge in [0.05, 0.1) is 12.8 Å². The number of benzene rings is 4. The van der Waals surface area contributed by atoms with E-state index in [2.05, 4.69) is 61.0 Å². The minimum atomic E-state index is -4.73. The van der Waals surface area contributed by atoms with Crippen LogP contribution < -0.4 is 18.9 Å². The number of rotatable bonds is 8. The summed E-state index contributed by atoms with van der Waals surface area (Å²) in [5, 5.41) is 35.1. The molecular formula is C34H24F6N10O6. The minimum absolute atomic E-state index is 0.298. The van der Waals surface area contributed by atoms with Crippen LogP contribution >= 0.6 is 0 Å². The van der Waals surface area contributed by atoms with Crippen LogP contribution in [0, 0.1) is 0 Å². The molecule has 16 nitrogen and oxygen atoms in total. The van der Waals surface area contributed by atoms with Gasteiger partial charge in [-0.2, -0.15) is 10.4 Å². The van der Waals surface area contributed by atoms with Crippen LogP contribution in [-0.4, -0.2) is 65.8 Å². The molecule has 2 N–H and O–H groups in total. The molecule has 0 aliphatic carbocycles. The van der Waals surface area contributed by atoms with Gasteiger partial charge in [0.15, 0.2) is 12.2 Å². The predicted octanol–water partition coefficient (Wildman–Crippen LogP) is 7.24. The zero-order valence-corrected chi connectivity index (χ0v) is 28.1. The number of alkyl halides is 6. The molecule has 2 aromatic heterocycles. The van der Waals surface area contributed by atoms with Crippen LogP contribution in [0.1, 0.15) is 36.2 Å². The van der Waals surface area contributed by atoms with E-state index >= 15 is 0 Å². The van der Waals surface area contributed by atoms with E-state index in [1.54, 1.807) is 48.5 Å². The zero-order valence-electron chi connectivity index (χ0n) is 28.1. The maximum Gasteiger partial charge on any atom is 0.573 e. The molecule has 56 heavy (non-hydrogen) atoms. The smallest absolute Gasteiger partial charge is 0.440 e. The van der Waals surface area contributed by atoms with Crippen molar-refractivity contribution >= 4 is 11.8 Å². The summed E-state index contributed by atoms with van der Waals surface area (Å²) >= 11 is 0. The number of hydrogen-bond acceptors (Lipinski definition) is 14. The zero-order chi connectivity index (χ0) is 39.1. The Hall–Kier alpha value is -7.26. The lowest BCUT2D eigenvalue weighted by Gasteiger charge is -2.11. The van der Waals surface area contributed by atoms with Crippen LogP contribution in [0.3, 0.4) is 0 Å². The van der Waals surface area contributed by atoms with Crippen molar-refractivity contribution in [1.29, 1.82) is 0 Å². The van der Waals surface area contributed by atoms with Gasteiger partial charge in [-0.1, -0.05) is 34.6 Å². The summed E-state index contributed by atoms with van der Waals surface area (Å²) in [6.45, 7) is 0. The first kappa shape index (κ1) is 37.1. The number of tetrazole rings is 2. The van der Waals surface area contributed by atoms with Crippen molar-refractivity contribution in [2.24, 2.45) is 10.3 Å². The Morgan fingerprint density at radius 3 is 1.18 bits per heavy atom. The molecule has 2 atom stereocenters. The molecule has 0 saturated heterocycles. The number of nitrogens with zero attached hydrogens (tertiary/aromatic N) is 8. The second kappa shape index (κ2) is 16.0. The van der Waals surface area contributed by atoms with Gasteiger partial charge >= 0.3 is 12.7 Å². The molecule has 22 heteroatoms. The van der Waals surface area contributed by atoms with Crippen molar-refractivity contribution in [3.8, 4) is 45.8 Å². The first-order chi connectivity index (χ1) is 26.9. The van der Waals surface area contributed by atoms with Crippen molar-refractivity contribution in [2.45, 2.75) is 37.8 Å². The van der Waals surface area contributed by atoms with E-state index in [0.29, 0.717) is 58.9 Å². The van der Waals surface area contributed by atoms with E-state index in [1.165, 1.54) is 48.5 Å². The fraction of sp³-hybridized carbons (Fsp3) is 0.176. The second-order valence-corrected chi connectivity index (χ2v) is 11.5. The maximum atomic E-state index is 12.2. The molecule has 288 valence electrons. The number of nitrogens with one attached hydrogen (secondary N) is 2. The summed E-state index contributed by atoms with van der Waals surface area (Å²) in [6.07, 6.45) is -9.68. The third-order valence-corrected chi connectivity index (χ3v) is 7.64. The van der Waals surface area contributed by atoms with Gasteiger partial charge in [-0.3, -0.25) is 0 Å². The van der Waals surface area contributed by atoms with Crippen molar-refractivity contribution in [3.63, 3.8) is 0 Å². The molecule has 2 aliphatic rings. The van der Waals surface area contributed by atoms with Gasteiger partial charge in [0.1, 0.15) is 23.0 Å². The molecule has 8 rings (SSSR count). The van der Waals surface area contributed by atoms with E-state index < -0.39 is 24.9 Å². The molecular weight excluding hydrogens is 758 g/mol. The van der Waals surface area contributed by atoms with Crippen LogP contribution in [0.5, 0.6) is 23.0 Å². The molecule has 4 heterocycles. The molecule has 0 fully saturated rings. The Morgan fingerprint density at radius 1 is 0.500 bits per heavy atom. The van der Waals surface area contributed by atoms with E-state index in [9.17, 15) is 26.3 Å². The number of hydrogen-bond donors (Lipinski definition) is 2. The third-order valence-electron chi connectivity index (χ3n) is 7.64. The van der Waals surface area contributed by atoms with E-state index in [1.807, 2.05) is 0 Å². The Kier molecular flexibility index (Phi) is 10.6. The van der Waals surface area contributed by atoms with Crippen molar-refractivity contribution in [2.75, 3.05) is 0 Å². The van der Waals surface area contributed by atoms with Gasteiger partial charge in [0.25, 0.3) is 0 Å². The minimum Gasteiger partial charge on any atom is -0.440 e. The summed E-state index contributed by atoms with van der Waals surface area (Å²) in [5.74, 6) is 2.13. The molecule has 0 radical (unpaired) electrons.